The molecular weight excluding hydrogens is 276 g/mol. The Morgan fingerprint density at radius 2 is 2.25 bits per heavy atom. The number of ether oxygens (including phenoxy) is 1. The minimum absolute atomic E-state index is 0.118. The predicted molar refractivity (Wildman–Crippen MR) is 80.0 cm³/mol. The quantitative estimate of drug-likeness (QED) is 0.728. The largest absolute Gasteiger partial charge is 0.484 e. The molecule has 4 N–H and O–H groups in total. The molecule has 0 atom stereocenters. The summed E-state index contributed by atoms with van der Waals surface area (Å²) in [6.45, 7) is 1.89. The van der Waals surface area contributed by atoms with Crippen LogP contribution in [0.4, 0.5) is 5.69 Å². The molecule has 1 amide bonds. The predicted octanol–water partition coefficient (Wildman–Crippen LogP) is 1.64. The summed E-state index contributed by atoms with van der Waals surface area (Å²) in [6.07, 6.45) is 1.48. The van der Waals surface area contributed by atoms with Crippen LogP contribution < -0.4 is 15.8 Å². The summed E-state index contributed by atoms with van der Waals surface area (Å²) in [6, 6.07) is 7.07. The van der Waals surface area contributed by atoms with E-state index >= 15 is 0 Å². The Morgan fingerprint density at radius 3 is 2.90 bits per heavy atom. The smallest absolute Gasteiger partial charge is 0.259 e. The number of para-hydroxylation sites is 2. The highest BCUT2D eigenvalue weighted by Crippen LogP contribution is 2.24. The molecule has 7 heteroatoms. The van der Waals surface area contributed by atoms with E-state index in [4.69, 9.17) is 22.7 Å². The van der Waals surface area contributed by atoms with Crippen molar-refractivity contribution in [3.63, 3.8) is 0 Å². The van der Waals surface area contributed by atoms with Crippen LogP contribution >= 0.6 is 12.2 Å². The van der Waals surface area contributed by atoms with Crippen molar-refractivity contribution in [1.29, 1.82) is 0 Å². The Balaban J connectivity index is 2.15. The van der Waals surface area contributed by atoms with E-state index in [2.05, 4.69) is 15.5 Å². The third-order valence-corrected chi connectivity index (χ3v) is 2.70. The van der Waals surface area contributed by atoms with Crippen molar-refractivity contribution in [3.05, 3.63) is 41.7 Å². The number of aryl methyl sites for hydroxylation is 1. The summed E-state index contributed by atoms with van der Waals surface area (Å²) in [5.74, 6) is 0.248. The van der Waals surface area contributed by atoms with E-state index in [9.17, 15) is 4.79 Å². The Bertz CT molecular complexity index is 639. The van der Waals surface area contributed by atoms with E-state index in [1.807, 2.05) is 0 Å². The highest BCUT2D eigenvalue weighted by atomic mass is 32.1. The minimum atomic E-state index is -0.261. The number of nitrogens with zero attached hydrogens (tertiary/aromatic N) is 1. The van der Waals surface area contributed by atoms with Crippen LogP contribution in [0.15, 0.2) is 30.5 Å². The number of hydrogen-bond acceptors (Lipinski definition) is 4. The van der Waals surface area contributed by atoms with Crippen LogP contribution in [0.1, 0.15) is 16.1 Å². The van der Waals surface area contributed by atoms with E-state index < -0.39 is 0 Å². The van der Waals surface area contributed by atoms with Gasteiger partial charge in [0.05, 0.1) is 17.4 Å². The van der Waals surface area contributed by atoms with Crippen LogP contribution in [-0.4, -0.2) is 27.7 Å². The van der Waals surface area contributed by atoms with E-state index in [1.165, 1.54) is 6.20 Å². The number of thiocarbonyl (C=S) groups is 1. The van der Waals surface area contributed by atoms with E-state index in [0.717, 1.165) is 0 Å². The van der Waals surface area contributed by atoms with Gasteiger partial charge in [0.25, 0.3) is 5.91 Å². The second-order valence-electron chi connectivity index (χ2n) is 4.11. The maximum atomic E-state index is 12.1. The zero-order valence-corrected chi connectivity index (χ0v) is 11.7. The lowest BCUT2D eigenvalue weighted by Crippen LogP contribution is -2.19. The molecule has 2 aromatic rings. The number of carbonyl (C=O) groups is 1. The Hall–Kier alpha value is -2.41. The SMILES string of the molecule is Cc1[nH]ncc1C(=O)Nc1ccccc1OCC(N)=S. The Kier molecular flexibility index (Phi) is 4.31. The zero-order valence-electron chi connectivity index (χ0n) is 10.8. The van der Waals surface area contributed by atoms with Gasteiger partial charge in [-0.3, -0.25) is 9.89 Å². The molecule has 0 saturated carbocycles. The highest BCUT2D eigenvalue weighted by Gasteiger charge is 2.13. The molecule has 0 fully saturated rings. The van der Waals surface area contributed by atoms with Crippen molar-refractivity contribution in [2.45, 2.75) is 6.92 Å². The lowest BCUT2D eigenvalue weighted by Gasteiger charge is -2.11. The third-order valence-electron chi connectivity index (χ3n) is 2.58. The van der Waals surface area contributed by atoms with Crippen LogP contribution in [0.2, 0.25) is 0 Å². The maximum Gasteiger partial charge on any atom is 0.259 e. The molecule has 104 valence electrons. The first kappa shape index (κ1) is 14.0. The van der Waals surface area contributed by atoms with Crippen LogP contribution in [0.5, 0.6) is 5.75 Å². The van der Waals surface area contributed by atoms with Gasteiger partial charge in [-0.05, 0) is 19.1 Å². The van der Waals surface area contributed by atoms with Crippen molar-refractivity contribution in [2.24, 2.45) is 5.73 Å². The molecule has 6 nitrogen and oxygen atoms in total. The fourth-order valence-corrected chi connectivity index (χ4v) is 1.67. The number of rotatable bonds is 5. The lowest BCUT2D eigenvalue weighted by molar-refractivity contribution is 0.102. The van der Waals surface area contributed by atoms with Crippen molar-refractivity contribution in [1.82, 2.24) is 10.2 Å². The van der Waals surface area contributed by atoms with Crippen LogP contribution in [0, 0.1) is 6.92 Å². The number of hydrogen-bond donors (Lipinski definition) is 3. The van der Waals surface area contributed by atoms with Crippen molar-refractivity contribution in [3.8, 4) is 5.75 Å². The summed E-state index contributed by atoms with van der Waals surface area (Å²) in [4.78, 5) is 12.4. The van der Waals surface area contributed by atoms with Gasteiger partial charge in [-0.1, -0.05) is 24.4 Å². The number of carbonyl (C=O) groups excluding carboxylic acids is 1. The van der Waals surface area contributed by atoms with E-state index in [1.54, 1.807) is 31.2 Å². The van der Waals surface area contributed by atoms with Gasteiger partial charge < -0.3 is 15.8 Å². The average Bonchev–Trinajstić information content (AvgIpc) is 2.84. The standard InChI is InChI=1S/C13H14N4O2S/c1-8-9(6-15-17-8)13(18)16-10-4-2-3-5-11(10)19-7-12(14)20/h2-6H,7H2,1H3,(H2,14,20)(H,15,17)(H,16,18). The number of amides is 1. The summed E-state index contributed by atoms with van der Waals surface area (Å²) >= 11 is 4.76. The summed E-state index contributed by atoms with van der Waals surface area (Å²) in [5, 5.41) is 9.30. The molecule has 0 bridgehead atoms. The normalized spacial score (nSPS) is 10.1. The first-order valence-electron chi connectivity index (χ1n) is 5.89. The van der Waals surface area contributed by atoms with Gasteiger partial charge in [-0.25, -0.2) is 0 Å². The minimum Gasteiger partial charge on any atom is -0.484 e. The fraction of sp³-hybridized carbons (Fsp3) is 0.154. The van der Waals surface area contributed by atoms with Gasteiger partial charge in [-0.2, -0.15) is 5.10 Å². The molecule has 0 aliphatic carbocycles. The first-order chi connectivity index (χ1) is 9.58. The molecule has 2 rings (SSSR count). The maximum absolute atomic E-state index is 12.1. The third kappa shape index (κ3) is 3.33. The van der Waals surface area contributed by atoms with Crippen LogP contribution in [0.25, 0.3) is 0 Å². The van der Waals surface area contributed by atoms with Crippen molar-refractivity contribution >= 4 is 28.8 Å². The number of aromatic amines is 1. The van der Waals surface area contributed by atoms with Gasteiger partial charge in [0, 0.05) is 5.69 Å². The van der Waals surface area contributed by atoms with Gasteiger partial charge in [0.15, 0.2) is 0 Å². The molecule has 0 spiro atoms. The molecular formula is C13H14N4O2S. The van der Waals surface area contributed by atoms with Gasteiger partial charge in [0.1, 0.15) is 17.3 Å². The molecule has 0 radical (unpaired) electrons. The molecule has 20 heavy (non-hydrogen) atoms. The number of nitrogens with one attached hydrogen (secondary N) is 2. The summed E-state index contributed by atoms with van der Waals surface area (Å²) < 4.78 is 5.44. The van der Waals surface area contributed by atoms with Crippen molar-refractivity contribution in [2.75, 3.05) is 11.9 Å². The number of nitrogens with two attached hydrogens (primary N) is 1. The second-order valence-corrected chi connectivity index (χ2v) is 4.64. The Morgan fingerprint density at radius 1 is 1.50 bits per heavy atom. The monoisotopic (exact) mass is 290 g/mol. The zero-order chi connectivity index (χ0) is 14.5. The van der Waals surface area contributed by atoms with Gasteiger partial charge >= 0.3 is 0 Å². The topological polar surface area (TPSA) is 93.0 Å². The lowest BCUT2D eigenvalue weighted by atomic mass is 10.2. The molecule has 1 aromatic carbocycles. The van der Waals surface area contributed by atoms with Crippen LogP contribution in [0.3, 0.4) is 0 Å². The molecule has 0 aliphatic heterocycles. The van der Waals surface area contributed by atoms with Gasteiger partial charge in [-0.15, -0.1) is 0 Å². The summed E-state index contributed by atoms with van der Waals surface area (Å²) in [7, 11) is 0. The number of H-pyrrole nitrogens is 1. The fourth-order valence-electron chi connectivity index (χ4n) is 1.61. The molecule has 0 unspecified atom stereocenters. The van der Waals surface area contributed by atoms with Gasteiger partial charge in [0.2, 0.25) is 0 Å². The number of anilines is 1. The summed E-state index contributed by atoms with van der Waals surface area (Å²) in [5.41, 5.74) is 7.12. The van der Waals surface area contributed by atoms with E-state index in [0.29, 0.717) is 22.7 Å². The Labute approximate surface area is 121 Å². The second kappa shape index (κ2) is 6.16. The average molecular weight is 290 g/mol. The van der Waals surface area contributed by atoms with Crippen LogP contribution in [-0.2, 0) is 0 Å². The molecule has 1 heterocycles. The number of benzene rings is 1. The molecule has 0 saturated heterocycles. The van der Waals surface area contributed by atoms with E-state index in [-0.39, 0.29) is 17.5 Å². The van der Waals surface area contributed by atoms with Crippen molar-refractivity contribution < 1.29 is 9.53 Å². The molecule has 1 aromatic heterocycles. The first-order valence-corrected chi connectivity index (χ1v) is 6.30. The number of aromatic nitrogens is 2. The molecule has 0 aliphatic rings. The highest BCUT2D eigenvalue weighted by molar-refractivity contribution is 7.80.